The number of fused-ring (bicyclic) bond motifs is 2. The molecule has 0 spiro atoms. The van der Waals surface area contributed by atoms with E-state index in [1.54, 1.807) is 6.33 Å². The second-order valence-corrected chi connectivity index (χ2v) is 9.13. The fourth-order valence-electron chi connectivity index (χ4n) is 4.00. The Morgan fingerprint density at radius 3 is 1.95 bits per heavy atom. The number of aliphatic carboxylic acids is 2. The van der Waals surface area contributed by atoms with Gasteiger partial charge in [0.25, 0.3) is 0 Å². The van der Waals surface area contributed by atoms with Gasteiger partial charge in [-0.05, 0) is 66.3 Å². The van der Waals surface area contributed by atoms with Crippen molar-refractivity contribution in [3.05, 3.63) is 89.2 Å². The van der Waals surface area contributed by atoms with Crippen molar-refractivity contribution in [3.8, 4) is 11.5 Å². The lowest BCUT2D eigenvalue weighted by molar-refractivity contribution is -0.193. The summed E-state index contributed by atoms with van der Waals surface area (Å²) >= 11 is 0. The topological polar surface area (TPSA) is 125 Å². The molecule has 0 amide bonds. The number of aryl methyl sites for hydroxylation is 1. The maximum Gasteiger partial charge on any atom is 0.490 e. The van der Waals surface area contributed by atoms with Gasteiger partial charge in [-0.3, -0.25) is 0 Å². The number of aromatic amines is 1. The van der Waals surface area contributed by atoms with Crippen LogP contribution in [0, 0.1) is 6.92 Å². The van der Waals surface area contributed by atoms with Gasteiger partial charge in [-0.25, -0.2) is 14.6 Å². The molecule has 0 unspecified atom stereocenters. The van der Waals surface area contributed by atoms with Gasteiger partial charge in [0.1, 0.15) is 11.5 Å². The molecule has 3 aromatic carbocycles. The molecular formula is C28H25F6N3O5. The average molecular weight is 598 g/mol. The second-order valence-electron chi connectivity index (χ2n) is 9.13. The summed E-state index contributed by atoms with van der Waals surface area (Å²) in [6.45, 7) is 3.02. The first-order chi connectivity index (χ1) is 19.6. The van der Waals surface area contributed by atoms with Crippen molar-refractivity contribution in [2.75, 3.05) is 0 Å². The Hall–Kier alpha value is -4.59. The predicted octanol–water partition coefficient (Wildman–Crippen LogP) is 6.19. The Bertz CT molecular complexity index is 1490. The number of alkyl halides is 6. The molecule has 0 bridgehead atoms. The molecule has 1 aromatic heterocycles. The minimum atomic E-state index is -5.08. The molecule has 0 fully saturated rings. The van der Waals surface area contributed by atoms with Crippen LogP contribution in [-0.2, 0) is 29.0 Å². The van der Waals surface area contributed by atoms with Gasteiger partial charge >= 0.3 is 24.3 Å². The number of carboxylic acids is 2. The SMILES string of the molecule is Cc1cc(Oc2ccc3nc[nH]c3c2)ccc1CNC1Cc2ccccc2C1.O=C(O)C(F)(F)F.O=C(O)C(F)(F)F. The number of ether oxygens (including phenoxy) is 1. The van der Waals surface area contributed by atoms with Crippen LogP contribution in [-0.4, -0.2) is 50.5 Å². The molecule has 0 aliphatic heterocycles. The normalized spacial score (nSPS) is 12.9. The first-order valence-electron chi connectivity index (χ1n) is 12.2. The summed E-state index contributed by atoms with van der Waals surface area (Å²) in [5.41, 5.74) is 7.44. The molecule has 1 aliphatic carbocycles. The molecule has 0 saturated heterocycles. The van der Waals surface area contributed by atoms with E-state index >= 15 is 0 Å². The van der Waals surface area contributed by atoms with Crippen molar-refractivity contribution in [1.82, 2.24) is 15.3 Å². The number of rotatable bonds is 5. The lowest BCUT2D eigenvalue weighted by atomic mass is 10.1. The first kappa shape index (κ1) is 31.9. The molecule has 4 N–H and O–H groups in total. The Morgan fingerprint density at radius 2 is 1.43 bits per heavy atom. The van der Waals surface area contributed by atoms with Gasteiger partial charge in [0.15, 0.2) is 0 Å². The van der Waals surface area contributed by atoms with Crippen LogP contribution < -0.4 is 10.1 Å². The summed E-state index contributed by atoms with van der Waals surface area (Å²) in [5.74, 6) is -3.85. The highest BCUT2D eigenvalue weighted by atomic mass is 19.4. The third kappa shape index (κ3) is 9.23. The van der Waals surface area contributed by atoms with Crippen LogP contribution in [0.4, 0.5) is 26.3 Å². The minimum Gasteiger partial charge on any atom is -0.475 e. The summed E-state index contributed by atoms with van der Waals surface area (Å²) in [6.07, 6.45) is -6.23. The van der Waals surface area contributed by atoms with Gasteiger partial charge in [0, 0.05) is 18.7 Å². The van der Waals surface area contributed by atoms with E-state index in [0.717, 1.165) is 41.9 Å². The van der Waals surface area contributed by atoms with Crippen molar-refractivity contribution in [1.29, 1.82) is 0 Å². The van der Waals surface area contributed by atoms with Crippen molar-refractivity contribution in [2.45, 2.75) is 44.7 Å². The molecule has 14 heteroatoms. The number of carboxylic acid groups (broad SMARTS) is 2. The number of nitrogens with one attached hydrogen (secondary N) is 2. The maximum atomic E-state index is 10.6. The second kappa shape index (κ2) is 13.4. The van der Waals surface area contributed by atoms with E-state index in [0.29, 0.717) is 6.04 Å². The van der Waals surface area contributed by atoms with E-state index in [1.807, 2.05) is 24.3 Å². The van der Waals surface area contributed by atoms with Crippen LogP contribution in [0.25, 0.3) is 11.0 Å². The van der Waals surface area contributed by atoms with Gasteiger partial charge in [0.05, 0.1) is 17.4 Å². The van der Waals surface area contributed by atoms with E-state index in [-0.39, 0.29) is 0 Å². The number of hydrogen-bond acceptors (Lipinski definition) is 5. The quantitative estimate of drug-likeness (QED) is 0.202. The highest BCUT2D eigenvalue weighted by molar-refractivity contribution is 5.76. The smallest absolute Gasteiger partial charge is 0.475 e. The molecule has 0 atom stereocenters. The summed E-state index contributed by atoms with van der Waals surface area (Å²) in [5, 5.41) is 18.0. The number of carbonyl (C=O) groups is 2. The average Bonchev–Trinajstić information content (AvgIpc) is 3.54. The lowest BCUT2D eigenvalue weighted by Crippen LogP contribution is -2.29. The molecule has 4 aromatic rings. The van der Waals surface area contributed by atoms with Gasteiger partial charge < -0.3 is 25.3 Å². The standard InChI is InChI=1S/C24H23N3O.2C2HF3O2/c1-16-10-21(28-22-8-9-23-24(13-22)27-15-26-23)7-6-19(16)14-25-20-11-17-4-2-3-5-18(17)12-20;2*3-2(4,5)1(6)7/h2-10,13,15,20,25H,11-12,14H2,1H3,(H,26,27);2*(H,6,7). The van der Waals surface area contributed by atoms with Crippen LogP contribution >= 0.6 is 0 Å². The third-order valence-electron chi connectivity index (χ3n) is 6.06. The van der Waals surface area contributed by atoms with E-state index < -0.39 is 24.3 Å². The molecule has 8 nitrogen and oxygen atoms in total. The largest absolute Gasteiger partial charge is 0.490 e. The Morgan fingerprint density at radius 1 is 0.905 bits per heavy atom. The fourth-order valence-corrected chi connectivity index (χ4v) is 4.00. The number of H-pyrrole nitrogens is 1. The Kier molecular flexibility index (Phi) is 10.2. The zero-order chi connectivity index (χ0) is 31.1. The van der Waals surface area contributed by atoms with Crippen LogP contribution in [0.1, 0.15) is 22.3 Å². The third-order valence-corrected chi connectivity index (χ3v) is 6.06. The summed E-state index contributed by atoms with van der Waals surface area (Å²) in [7, 11) is 0. The monoisotopic (exact) mass is 597 g/mol. The van der Waals surface area contributed by atoms with Gasteiger partial charge in [0.2, 0.25) is 0 Å². The van der Waals surface area contributed by atoms with Gasteiger partial charge in [-0.1, -0.05) is 30.3 Å². The number of imidazole rings is 1. The summed E-state index contributed by atoms with van der Waals surface area (Å²) in [4.78, 5) is 25.1. The fraction of sp³-hybridized carbons (Fsp3) is 0.250. The zero-order valence-corrected chi connectivity index (χ0v) is 21.9. The molecule has 224 valence electrons. The zero-order valence-electron chi connectivity index (χ0n) is 21.9. The van der Waals surface area contributed by atoms with E-state index in [4.69, 9.17) is 24.5 Å². The Labute approximate surface area is 235 Å². The van der Waals surface area contributed by atoms with Gasteiger partial charge in [-0.2, -0.15) is 26.3 Å². The molecule has 1 aliphatic rings. The number of nitrogens with zero attached hydrogens (tertiary/aromatic N) is 1. The van der Waals surface area contributed by atoms with Gasteiger partial charge in [-0.15, -0.1) is 0 Å². The highest BCUT2D eigenvalue weighted by Gasteiger charge is 2.38. The number of hydrogen-bond donors (Lipinski definition) is 4. The predicted molar refractivity (Wildman–Crippen MR) is 139 cm³/mol. The van der Waals surface area contributed by atoms with Crippen molar-refractivity contribution >= 4 is 23.0 Å². The number of aromatic nitrogens is 2. The molecule has 1 heterocycles. The highest BCUT2D eigenvalue weighted by Crippen LogP contribution is 2.27. The summed E-state index contributed by atoms with van der Waals surface area (Å²) in [6, 6.07) is 21.5. The van der Waals surface area contributed by atoms with Crippen LogP contribution in [0.5, 0.6) is 11.5 Å². The van der Waals surface area contributed by atoms with E-state index in [2.05, 4.69) is 58.6 Å². The van der Waals surface area contributed by atoms with Crippen LogP contribution in [0.15, 0.2) is 67.0 Å². The molecule has 0 radical (unpaired) electrons. The lowest BCUT2D eigenvalue weighted by Gasteiger charge is -2.14. The van der Waals surface area contributed by atoms with Crippen molar-refractivity contribution in [2.24, 2.45) is 0 Å². The Balaban J connectivity index is 0.000000289. The molecular weight excluding hydrogens is 572 g/mol. The van der Waals surface area contributed by atoms with E-state index in [1.165, 1.54) is 22.3 Å². The molecule has 0 saturated carbocycles. The van der Waals surface area contributed by atoms with Crippen molar-refractivity contribution in [3.63, 3.8) is 0 Å². The first-order valence-corrected chi connectivity index (χ1v) is 12.2. The van der Waals surface area contributed by atoms with E-state index in [9.17, 15) is 26.3 Å². The van der Waals surface area contributed by atoms with Crippen LogP contribution in [0.2, 0.25) is 0 Å². The minimum absolute atomic E-state index is 0.522. The summed E-state index contributed by atoms with van der Waals surface area (Å²) < 4.78 is 69.5. The molecule has 42 heavy (non-hydrogen) atoms. The van der Waals surface area contributed by atoms with Crippen molar-refractivity contribution < 1.29 is 50.9 Å². The number of benzene rings is 3. The molecule has 5 rings (SSSR count). The maximum absolute atomic E-state index is 10.6. The van der Waals surface area contributed by atoms with Crippen LogP contribution in [0.3, 0.4) is 0 Å². The number of halogens is 6.